The van der Waals surface area contributed by atoms with Gasteiger partial charge in [-0.15, -0.1) is 0 Å². The van der Waals surface area contributed by atoms with Crippen LogP contribution in [0.5, 0.6) is 11.5 Å². The molecule has 2 aliphatic heterocycles. The van der Waals surface area contributed by atoms with Crippen molar-refractivity contribution in [3.63, 3.8) is 0 Å². The molecule has 2 aliphatic rings. The molecule has 0 aliphatic carbocycles. The fraction of sp³-hybridized carbons (Fsp3) is 0.478. The lowest BCUT2D eigenvalue weighted by molar-refractivity contribution is 0.171. The molecule has 1 fully saturated rings. The van der Waals surface area contributed by atoms with E-state index in [-0.39, 0.29) is 11.1 Å². The Morgan fingerprint density at radius 2 is 1.67 bits per heavy atom. The number of rotatable bonds is 6. The van der Waals surface area contributed by atoms with Crippen molar-refractivity contribution >= 4 is 9.84 Å². The molecule has 2 aromatic carbocycles. The number of likely N-dealkylation sites (tertiary alicyclic amines) is 1. The van der Waals surface area contributed by atoms with E-state index in [4.69, 9.17) is 9.47 Å². The number of ether oxygens (including phenoxy) is 2. The van der Waals surface area contributed by atoms with Crippen LogP contribution in [-0.4, -0.2) is 45.9 Å². The third-order valence-corrected chi connectivity index (χ3v) is 8.61. The number of halogens is 1. The van der Waals surface area contributed by atoms with Crippen molar-refractivity contribution in [3.05, 3.63) is 53.3 Å². The summed E-state index contributed by atoms with van der Waals surface area (Å²) in [4.78, 5) is 2.75. The minimum Gasteiger partial charge on any atom is -0.493 e. The van der Waals surface area contributed by atoms with Crippen LogP contribution in [0, 0.1) is 11.7 Å². The Morgan fingerprint density at radius 3 is 2.30 bits per heavy atom. The molecule has 1 atom stereocenters. The van der Waals surface area contributed by atoms with Crippen LogP contribution in [0.1, 0.15) is 30.4 Å². The van der Waals surface area contributed by atoms with E-state index in [0.717, 1.165) is 43.6 Å². The molecule has 0 N–H and O–H groups in total. The molecule has 0 saturated carbocycles. The molecule has 4 rings (SSSR count). The Balaban J connectivity index is 1.38. The molecule has 0 bridgehead atoms. The van der Waals surface area contributed by atoms with E-state index >= 15 is 0 Å². The second kappa shape index (κ2) is 8.55. The predicted octanol–water partition coefficient (Wildman–Crippen LogP) is 3.84. The normalized spacial score (nSPS) is 21.4. The zero-order valence-electron chi connectivity index (χ0n) is 17.4. The molecular formula is C23H28FNO4S. The first kappa shape index (κ1) is 21.1. The first-order valence-corrected chi connectivity index (χ1v) is 11.9. The van der Waals surface area contributed by atoms with Crippen LogP contribution in [0.4, 0.5) is 4.39 Å². The van der Waals surface area contributed by atoms with Gasteiger partial charge in [0.1, 0.15) is 5.82 Å². The van der Waals surface area contributed by atoms with Gasteiger partial charge in [0.25, 0.3) is 0 Å². The van der Waals surface area contributed by atoms with Crippen LogP contribution in [0.2, 0.25) is 0 Å². The van der Waals surface area contributed by atoms with Crippen molar-refractivity contribution in [1.29, 1.82) is 0 Å². The quantitative estimate of drug-likeness (QED) is 0.693. The van der Waals surface area contributed by atoms with Crippen LogP contribution in [0.15, 0.2) is 41.3 Å². The van der Waals surface area contributed by atoms with Gasteiger partial charge in [-0.2, -0.15) is 0 Å². The van der Waals surface area contributed by atoms with Crippen molar-refractivity contribution in [1.82, 2.24) is 4.90 Å². The van der Waals surface area contributed by atoms with E-state index in [0.29, 0.717) is 35.2 Å². The van der Waals surface area contributed by atoms with Gasteiger partial charge in [-0.05, 0) is 74.0 Å². The number of fused-ring (bicyclic) bond motifs is 1. The smallest absolute Gasteiger partial charge is 0.181 e. The molecule has 2 aromatic rings. The molecule has 2 heterocycles. The zero-order valence-corrected chi connectivity index (χ0v) is 18.3. The summed E-state index contributed by atoms with van der Waals surface area (Å²) >= 11 is 0. The Labute approximate surface area is 177 Å². The van der Waals surface area contributed by atoms with Gasteiger partial charge in [0.05, 0.1) is 24.4 Å². The minimum absolute atomic E-state index is 0.216. The lowest BCUT2D eigenvalue weighted by Gasteiger charge is -2.33. The molecule has 0 aromatic heterocycles. The van der Waals surface area contributed by atoms with Gasteiger partial charge in [-0.25, -0.2) is 12.8 Å². The van der Waals surface area contributed by atoms with E-state index in [1.54, 1.807) is 19.2 Å². The summed E-state index contributed by atoms with van der Waals surface area (Å²) in [6.45, 7) is 2.67. The lowest BCUT2D eigenvalue weighted by atomic mass is 9.90. The van der Waals surface area contributed by atoms with Crippen molar-refractivity contribution in [2.75, 3.05) is 27.3 Å². The Bertz CT molecular complexity index is 999. The summed E-state index contributed by atoms with van der Waals surface area (Å²) in [5, 5.41) is -0.377. The number of benzene rings is 2. The summed E-state index contributed by atoms with van der Waals surface area (Å²) in [6.07, 6.45) is 3.19. The average Bonchev–Trinajstić information content (AvgIpc) is 2.99. The maximum Gasteiger partial charge on any atom is 0.181 e. The molecule has 1 unspecified atom stereocenters. The highest BCUT2D eigenvalue weighted by Crippen LogP contribution is 2.41. The third kappa shape index (κ3) is 4.18. The van der Waals surface area contributed by atoms with Gasteiger partial charge >= 0.3 is 0 Å². The third-order valence-electron chi connectivity index (χ3n) is 6.38. The van der Waals surface area contributed by atoms with Crippen molar-refractivity contribution in [3.8, 4) is 11.5 Å². The summed E-state index contributed by atoms with van der Waals surface area (Å²) in [7, 11) is -0.277. The van der Waals surface area contributed by atoms with Gasteiger partial charge in [-0.1, -0.05) is 12.1 Å². The summed E-state index contributed by atoms with van der Waals surface area (Å²) in [6, 6.07) is 10.0. The maximum absolute atomic E-state index is 13.1. The van der Waals surface area contributed by atoms with Crippen LogP contribution in [0.25, 0.3) is 0 Å². The Kier molecular flexibility index (Phi) is 6.02. The standard InChI is InChI=1S/C23H28FNO4S/c1-28-21-13-18-12-20(30(26,27)23(18)14-22(21)29-2)11-16-7-9-25(10-8-16)15-17-3-5-19(24)6-4-17/h3-6,13-14,16,20H,7-12,15H2,1-2H3. The van der Waals surface area contributed by atoms with Crippen molar-refractivity contribution in [2.24, 2.45) is 5.92 Å². The molecule has 0 amide bonds. The van der Waals surface area contributed by atoms with E-state index < -0.39 is 9.84 Å². The maximum atomic E-state index is 13.1. The van der Waals surface area contributed by atoms with Crippen LogP contribution in [-0.2, 0) is 22.8 Å². The van der Waals surface area contributed by atoms with Gasteiger partial charge in [0.15, 0.2) is 21.3 Å². The highest BCUT2D eigenvalue weighted by Gasteiger charge is 2.39. The monoisotopic (exact) mass is 433 g/mol. The average molecular weight is 434 g/mol. The summed E-state index contributed by atoms with van der Waals surface area (Å²) in [5.74, 6) is 1.20. The number of nitrogens with zero attached hydrogens (tertiary/aromatic N) is 1. The van der Waals surface area contributed by atoms with Gasteiger partial charge in [0.2, 0.25) is 0 Å². The highest BCUT2D eigenvalue weighted by atomic mass is 32.2. The van der Waals surface area contributed by atoms with Crippen LogP contribution >= 0.6 is 0 Å². The lowest BCUT2D eigenvalue weighted by Crippen LogP contribution is -2.35. The fourth-order valence-electron chi connectivity index (χ4n) is 4.67. The van der Waals surface area contributed by atoms with E-state index in [2.05, 4.69) is 4.90 Å². The molecular weight excluding hydrogens is 405 g/mol. The highest BCUT2D eigenvalue weighted by molar-refractivity contribution is 7.92. The summed E-state index contributed by atoms with van der Waals surface area (Å²) < 4.78 is 49.9. The number of hydrogen-bond acceptors (Lipinski definition) is 5. The fourth-order valence-corrected chi connectivity index (χ4v) is 6.73. The molecule has 30 heavy (non-hydrogen) atoms. The molecule has 5 nitrogen and oxygen atoms in total. The van der Waals surface area contributed by atoms with Gasteiger partial charge in [-0.3, -0.25) is 4.90 Å². The number of sulfone groups is 1. The molecule has 7 heteroatoms. The van der Waals surface area contributed by atoms with Gasteiger partial charge in [0, 0.05) is 12.6 Å². The van der Waals surface area contributed by atoms with E-state index in [9.17, 15) is 12.8 Å². The van der Waals surface area contributed by atoms with Crippen LogP contribution < -0.4 is 9.47 Å². The van der Waals surface area contributed by atoms with Gasteiger partial charge < -0.3 is 9.47 Å². The summed E-state index contributed by atoms with van der Waals surface area (Å²) in [5.41, 5.74) is 1.93. The molecule has 0 spiro atoms. The topological polar surface area (TPSA) is 55.8 Å². The van der Waals surface area contributed by atoms with E-state index in [1.165, 1.54) is 19.2 Å². The molecule has 0 radical (unpaired) electrons. The van der Waals surface area contributed by atoms with Crippen molar-refractivity contribution in [2.45, 2.75) is 42.4 Å². The van der Waals surface area contributed by atoms with Crippen molar-refractivity contribution < 1.29 is 22.3 Å². The number of methoxy groups -OCH3 is 2. The second-order valence-electron chi connectivity index (χ2n) is 8.27. The zero-order chi connectivity index (χ0) is 21.3. The number of piperidine rings is 1. The first-order chi connectivity index (χ1) is 14.4. The minimum atomic E-state index is -3.35. The first-order valence-electron chi connectivity index (χ1n) is 10.4. The predicted molar refractivity (Wildman–Crippen MR) is 113 cm³/mol. The molecule has 1 saturated heterocycles. The number of hydrogen-bond donors (Lipinski definition) is 0. The SMILES string of the molecule is COc1cc2c(cc1OC)S(=O)(=O)C(CC1CCN(Cc3ccc(F)cc3)CC1)C2. The largest absolute Gasteiger partial charge is 0.493 e. The Hall–Kier alpha value is -2.12. The Morgan fingerprint density at radius 1 is 1.03 bits per heavy atom. The van der Waals surface area contributed by atoms with Crippen LogP contribution in [0.3, 0.4) is 0 Å². The molecule has 162 valence electrons. The second-order valence-corrected chi connectivity index (χ2v) is 10.5. The van der Waals surface area contributed by atoms with E-state index in [1.807, 2.05) is 12.1 Å².